The molecule has 0 bridgehead atoms. The number of phosphoric ester groups is 1. The summed E-state index contributed by atoms with van der Waals surface area (Å²) in [4.78, 5) is 38.0. The molecule has 0 aromatic carbocycles. The molecule has 0 saturated carbocycles. The van der Waals surface area contributed by atoms with E-state index in [0.717, 1.165) is 32.1 Å². The third-order valence-corrected chi connectivity index (χ3v) is 17.6. The first-order valence-corrected chi connectivity index (χ1v) is 37.2. The van der Waals surface area contributed by atoms with Crippen molar-refractivity contribution in [2.45, 2.75) is 392 Å². The number of carbonyl (C=O) groups is 2. The van der Waals surface area contributed by atoms with Crippen LogP contribution in [0.1, 0.15) is 386 Å². The van der Waals surface area contributed by atoms with Crippen LogP contribution < -0.4 is 4.89 Å². The predicted octanol–water partition coefficient (Wildman–Crippen LogP) is 22.3. The Morgan fingerprint density at radius 1 is 0.338 bits per heavy atom. The minimum atomic E-state index is -4.63. The Balaban J connectivity index is 3.84. The summed E-state index contributed by atoms with van der Waals surface area (Å²) in [5, 5.41) is 0. The van der Waals surface area contributed by atoms with Gasteiger partial charge in [0, 0.05) is 12.8 Å². The van der Waals surface area contributed by atoms with Crippen molar-refractivity contribution in [1.29, 1.82) is 0 Å². The normalized spacial score (nSPS) is 13.0. The van der Waals surface area contributed by atoms with Crippen molar-refractivity contribution in [3.8, 4) is 0 Å². The second kappa shape index (κ2) is 62.5. The molecule has 10 heteroatoms. The number of phosphoric acid groups is 1. The van der Waals surface area contributed by atoms with Gasteiger partial charge in [-0.25, -0.2) is 0 Å². The van der Waals surface area contributed by atoms with E-state index in [4.69, 9.17) is 18.5 Å². The summed E-state index contributed by atoms with van der Waals surface area (Å²) < 4.78 is 34.3. The summed E-state index contributed by atoms with van der Waals surface area (Å²) in [6, 6.07) is 0. The monoisotopic (exact) mass is 1150 g/mol. The van der Waals surface area contributed by atoms with Gasteiger partial charge < -0.3 is 27.9 Å². The average Bonchev–Trinajstić information content (AvgIpc) is 3.42. The number of unbranched alkanes of at least 4 members (excludes halogenated alkanes) is 54. The molecule has 0 spiro atoms. The molecular formula is C70H140NO8P. The van der Waals surface area contributed by atoms with Gasteiger partial charge in [-0.3, -0.25) is 14.2 Å². The summed E-state index contributed by atoms with van der Waals surface area (Å²) in [7, 11) is 1.19. The summed E-state index contributed by atoms with van der Waals surface area (Å²) in [5.74, 6) is -0.806. The van der Waals surface area contributed by atoms with Gasteiger partial charge in [0.25, 0.3) is 7.82 Å². The summed E-state index contributed by atoms with van der Waals surface area (Å²) in [6.45, 7) is 4.33. The largest absolute Gasteiger partial charge is 0.756 e. The van der Waals surface area contributed by atoms with Crippen LogP contribution in [0.4, 0.5) is 0 Å². The molecule has 9 nitrogen and oxygen atoms in total. The molecule has 0 saturated heterocycles. The van der Waals surface area contributed by atoms with E-state index in [1.807, 2.05) is 21.1 Å². The zero-order chi connectivity index (χ0) is 58.4. The van der Waals surface area contributed by atoms with Crippen LogP contribution in [-0.2, 0) is 32.7 Å². The second-order valence-corrected chi connectivity index (χ2v) is 27.4. The van der Waals surface area contributed by atoms with Crippen LogP contribution in [0.25, 0.3) is 0 Å². The van der Waals surface area contributed by atoms with Crippen molar-refractivity contribution in [2.24, 2.45) is 0 Å². The Bertz CT molecular complexity index is 1310. The Labute approximate surface area is 499 Å². The molecule has 0 aromatic heterocycles. The minimum absolute atomic E-state index is 0.0249. The number of likely N-dealkylation sites (N-methyl/N-ethyl adjacent to an activating group) is 1. The van der Waals surface area contributed by atoms with Crippen molar-refractivity contribution in [3.63, 3.8) is 0 Å². The van der Waals surface area contributed by atoms with Gasteiger partial charge in [-0.05, 0) is 12.8 Å². The van der Waals surface area contributed by atoms with Gasteiger partial charge in [-0.1, -0.05) is 361 Å². The molecule has 0 amide bonds. The molecule has 0 heterocycles. The van der Waals surface area contributed by atoms with Crippen LogP contribution >= 0.6 is 7.82 Å². The number of hydrogen-bond donors (Lipinski definition) is 0. The van der Waals surface area contributed by atoms with Gasteiger partial charge in [0.2, 0.25) is 0 Å². The fourth-order valence-corrected chi connectivity index (χ4v) is 11.9. The highest BCUT2D eigenvalue weighted by Crippen LogP contribution is 2.38. The number of esters is 2. The van der Waals surface area contributed by atoms with Crippen molar-refractivity contribution in [3.05, 3.63) is 0 Å². The highest BCUT2D eigenvalue weighted by molar-refractivity contribution is 7.45. The molecule has 0 aliphatic rings. The zero-order valence-corrected chi connectivity index (χ0v) is 55.5. The molecule has 0 N–H and O–H groups in total. The van der Waals surface area contributed by atoms with Gasteiger partial charge in [0.15, 0.2) is 6.10 Å². The van der Waals surface area contributed by atoms with E-state index in [1.54, 1.807) is 0 Å². The fraction of sp³-hybridized carbons (Fsp3) is 0.971. The molecule has 0 aliphatic heterocycles. The summed E-state index contributed by atoms with van der Waals surface area (Å²) >= 11 is 0. The van der Waals surface area contributed by atoms with Crippen LogP contribution in [-0.4, -0.2) is 70.0 Å². The lowest BCUT2D eigenvalue weighted by atomic mass is 10.0. The lowest BCUT2D eigenvalue weighted by molar-refractivity contribution is -0.870. The van der Waals surface area contributed by atoms with Crippen molar-refractivity contribution >= 4 is 19.8 Å². The molecule has 2 unspecified atom stereocenters. The van der Waals surface area contributed by atoms with Crippen LogP contribution in [0.15, 0.2) is 0 Å². The zero-order valence-electron chi connectivity index (χ0n) is 54.6. The first-order chi connectivity index (χ1) is 39.0. The van der Waals surface area contributed by atoms with E-state index >= 15 is 0 Å². The van der Waals surface area contributed by atoms with E-state index in [0.29, 0.717) is 17.4 Å². The van der Waals surface area contributed by atoms with Crippen molar-refractivity contribution in [2.75, 3.05) is 47.5 Å². The van der Waals surface area contributed by atoms with Crippen molar-refractivity contribution < 1.29 is 42.1 Å². The second-order valence-electron chi connectivity index (χ2n) is 26.0. The Hall–Kier alpha value is -0.990. The molecule has 478 valence electrons. The van der Waals surface area contributed by atoms with Crippen LogP contribution in [0.2, 0.25) is 0 Å². The summed E-state index contributed by atoms with van der Waals surface area (Å²) in [5.41, 5.74) is 0. The van der Waals surface area contributed by atoms with E-state index < -0.39 is 26.5 Å². The van der Waals surface area contributed by atoms with E-state index in [-0.39, 0.29) is 32.0 Å². The number of quaternary nitrogens is 1. The first-order valence-electron chi connectivity index (χ1n) is 35.7. The molecule has 2 atom stereocenters. The number of nitrogens with zero attached hydrogens (tertiary/aromatic N) is 1. The molecule has 0 fully saturated rings. The van der Waals surface area contributed by atoms with Gasteiger partial charge >= 0.3 is 11.9 Å². The molecular weight excluding hydrogens is 1010 g/mol. The number of carbonyl (C=O) groups excluding carboxylic acids is 2. The van der Waals surface area contributed by atoms with E-state index in [1.165, 1.54) is 321 Å². The molecule has 0 aromatic rings. The Kier molecular flexibility index (Phi) is 61.8. The highest BCUT2D eigenvalue weighted by atomic mass is 31.2. The molecule has 0 aliphatic carbocycles. The van der Waals surface area contributed by atoms with Crippen LogP contribution in [0.3, 0.4) is 0 Å². The van der Waals surface area contributed by atoms with Gasteiger partial charge in [-0.15, -0.1) is 0 Å². The van der Waals surface area contributed by atoms with Crippen molar-refractivity contribution in [1.82, 2.24) is 0 Å². The lowest BCUT2D eigenvalue weighted by Crippen LogP contribution is -2.37. The number of ether oxygens (including phenoxy) is 2. The lowest BCUT2D eigenvalue weighted by Gasteiger charge is -2.28. The standard InChI is InChI=1S/C70H140NO8P/c1-6-8-10-12-14-16-18-20-22-24-25-26-27-28-29-30-31-32-33-34-35-36-37-38-39-40-41-42-43-44-45-47-49-51-53-55-57-59-61-63-70(73)79-68(67-78-80(74,75)77-65-64-71(3,4)5)66-76-69(72)62-60-58-56-54-52-50-48-46-23-21-19-17-15-13-11-9-7-2/h68H,6-67H2,1-5H3. The maximum atomic E-state index is 12.8. The van der Waals surface area contributed by atoms with E-state index in [9.17, 15) is 19.0 Å². The molecule has 0 radical (unpaired) electrons. The number of hydrogen-bond acceptors (Lipinski definition) is 8. The maximum Gasteiger partial charge on any atom is 0.306 e. The molecule has 80 heavy (non-hydrogen) atoms. The van der Waals surface area contributed by atoms with E-state index in [2.05, 4.69) is 13.8 Å². The summed E-state index contributed by atoms with van der Waals surface area (Å²) in [6.07, 6.45) is 75.0. The first kappa shape index (κ1) is 79.0. The van der Waals surface area contributed by atoms with Gasteiger partial charge in [0.05, 0.1) is 27.7 Å². The highest BCUT2D eigenvalue weighted by Gasteiger charge is 2.22. The predicted molar refractivity (Wildman–Crippen MR) is 342 cm³/mol. The fourth-order valence-electron chi connectivity index (χ4n) is 11.1. The SMILES string of the molecule is CCCCCCCCCCCCCCCCCCCCCCCCCCCCCCCCCCCCCCCCCC(=O)OC(COC(=O)CCCCCCCCCCCCCCCCCCC)COP(=O)([O-])OCC[N+](C)(C)C. The minimum Gasteiger partial charge on any atom is -0.756 e. The smallest absolute Gasteiger partial charge is 0.306 e. The third kappa shape index (κ3) is 66.2. The maximum absolute atomic E-state index is 12.8. The van der Waals surface area contributed by atoms with Crippen LogP contribution in [0, 0.1) is 0 Å². The van der Waals surface area contributed by atoms with Gasteiger partial charge in [-0.2, -0.15) is 0 Å². The topological polar surface area (TPSA) is 111 Å². The third-order valence-electron chi connectivity index (χ3n) is 16.6. The average molecular weight is 1150 g/mol. The number of rotatable bonds is 68. The van der Waals surface area contributed by atoms with Gasteiger partial charge in [0.1, 0.15) is 19.8 Å². The van der Waals surface area contributed by atoms with Crippen LogP contribution in [0.5, 0.6) is 0 Å². The quantitative estimate of drug-likeness (QED) is 0.0256. The Morgan fingerprint density at radius 2 is 0.562 bits per heavy atom. The molecule has 0 rings (SSSR count). The Morgan fingerprint density at radius 3 is 0.800 bits per heavy atom.